The molecule has 0 unspecified atom stereocenters. The second-order valence-electron chi connectivity index (χ2n) is 6.00. The summed E-state index contributed by atoms with van der Waals surface area (Å²) in [5.41, 5.74) is 6.84. The Morgan fingerprint density at radius 1 is 0.654 bits per heavy atom. The van der Waals surface area contributed by atoms with Gasteiger partial charge in [0.25, 0.3) is 0 Å². The van der Waals surface area contributed by atoms with Crippen LogP contribution in [0.15, 0.2) is 9.98 Å². The van der Waals surface area contributed by atoms with E-state index in [9.17, 15) is 0 Å². The van der Waals surface area contributed by atoms with Gasteiger partial charge in [0, 0.05) is 53.7 Å². The van der Waals surface area contributed by atoms with E-state index in [1.54, 1.807) is 58.5 Å². The highest BCUT2D eigenvalue weighted by Crippen LogP contribution is 1.71. The fraction of sp³-hybridized carbons (Fsp3) is 0.722. The lowest BCUT2D eigenvalue weighted by atomic mass is 10.5. The summed E-state index contributed by atoms with van der Waals surface area (Å²) in [5.74, 6) is 1.81. The number of rotatable bonds is 0. The molecule has 0 saturated heterocycles. The van der Waals surface area contributed by atoms with Crippen LogP contribution in [-0.2, 0) is 0 Å². The summed E-state index contributed by atoms with van der Waals surface area (Å²) in [6, 6.07) is 0. The molecule has 0 radical (unpaired) electrons. The zero-order valence-corrected chi connectivity index (χ0v) is 19.4. The number of hydrogen-bond donors (Lipinski definition) is 4. The van der Waals surface area contributed by atoms with Crippen LogP contribution in [0, 0.1) is 16.2 Å². The Morgan fingerprint density at radius 3 is 0.769 bits per heavy atom. The molecular formula is C18H44N8. The van der Waals surface area contributed by atoms with Gasteiger partial charge >= 0.3 is 0 Å². The Labute approximate surface area is 162 Å². The van der Waals surface area contributed by atoms with E-state index >= 15 is 0 Å². The highest BCUT2D eigenvalue weighted by atomic mass is 15.1. The lowest BCUT2D eigenvalue weighted by Crippen LogP contribution is -2.16. The van der Waals surface area contributed by atoms with Crippen molar-refractivity contribution in [1.82, 2.24) is 9.80 Å². The Bertz CT molecular complexity index is 375. The predicted octanol–water partition coefficient (Wildman–Crippen LogP) is 3.23. The van der Waals surface area contributed by atoms with Crippen molar-refractivity contribution in [3.63, 3.8) is 0 Å². The molecule has 0 aliphatic rings. The first kappa shape index (κ1) is 35.0. The second kappa shape index (κ2) is 25.0. The number of nitrogens with one attached hydrogen (secondary N) is 3. The van der Waals surface area contributed by atoms with Gasteiger partial charge in [0.1, 0.15) is 0 Å². The molecule has 0 atom stereocenters. The molecule has 5 N–H and O–H groups in total. The molecule has 0 aliphatic heterocycles. The highest BCUT2D eigenvalue weighted by Gasteiger charge is 1.82. The van der Waals surface area contributed by atoms with E-state index in [0.717, 1.165) is 5.71 Å². The molecule has 0 heterocycles. The number of amidine groups is 3. The third kappa shape index (κ3) is 98.5. The lowest BCUT2D eigenvalue weighted by molar-refractivity contribution is 0.613. The van der Waals surface area contributed by atoms with E-state index in [1.165, 1.54) is 0 Å². The summed E-state index contributed by atoms with van der Waals surface area (Å²) >= 11 is 0. The molecule has 0 aromatic heterocycles. The van der Waals surface area contributed by atoms with Gasteiger partial charge in [-0.2, -0.15) is 0 Å². The molecule has 0 aromatic rings. The molecule has 0 bridgehead atoms. The average Bonchev–Trinajstić information content (AvgIpc) is 2.48. The molecule has 8 heteroatoms. The highest BCUT2D eigenvalue weighted by molar-refractivity contribution is 5.78. The van der Waals surface area contributed by atoms with Crippen LogP contribution in [0.4, 0.5) is 0 Å². The van der Waals surface area contributed by atoms with E-state index in [1.807, 2.05) is 42.0 Å². The molecule has 0 rings (SSSR count). The SMILES string of the molecule is CC(=N)N(C)C.CC(=N)N(C)C.CC(C)=N.CN=C(C)C.CN=C(C)N. The number of hydrogen-bond acceptors (Lipinski definition) is 5. The van der Waals surface area contributed by atoms with E-state index in [0.29, 0.717) is 23.2 Å². The van der Waals surface area contributed by atoms with Gasteiger partial charge in [-0.25, -0.2) is 0 Å². The van der Waals surface area contributed by atoms with Crippen molar-refractivity contribution in [3.05, 3.63) is 0 Å². The smallest absolute Gasteiger partial charge is 0.0920 e. The fourth-order valence-electron chi connectivity index (χ4n) is 0. The maximum atomic E-state index is 6.88. The van der Waals surface area contributed by atoms with Crippen molar-refractivity contribution in [2.75, 3.05) is 42.3 Å². The minimum Gasteiger partial charge on any atom is -0.388 e. The molecule has 156 valence electrons. The van der Waals surface area contributed by atoms with Crippen LogP contribution in [0.3, 0.4) is 0 Å². The normalized spacial score (nSPS) is 8.27. The van der Waals surface area contributed by atoms with E-state index in [4.69, 9.17) is 22.0 Å². The summed E-state index contributed by atoms with van der Waals surface area (Å²) in [7, 11) is 10.8. The number of aliphatic imine (C=N–C) groups is 2. The molecule has 8 nitrogen and oxygen atoms in total. The van der Waals surface area contributed by atoms with E-state index in [2.05, 4.69) is 9.98 Å². The van der Waals surface area contributed by atoms with Crippen molar-refractivity contribution in [2.24, 2.45) is 15.7 Å². The molecule has 26 heavy (non-hydrogen) atoms. The first-order chi connectivity index (χ1) is 11.6. The van der Waals surface area contributed by atoms with Gasteiger partial charge in [0.05, 0.1) is 17.5 Å². The first-order valence-corrected chi connectivity index (χ1v) is 8.12. The molecular weight excluding hydrogens is 328 g/mol. The Hall–Kier alpha value is -2.25. The largest absolute Gasteiger partial charge is 0.388 e. The van der Waals surface area contributed by atoms with Crippen molar-refractivity contribution in [3.8, 4) is 0 Å². The van der Waals surface area contributed by atoms with E-state index in [-0.39, 0.29) is 0 Å². The average molecular weight is 373 g/mol. The summed E-state index contributed by atoms with van der Waals surface area (Å²) in [4.78, 5) is 10.9. The van der Waals surface area contributed by atoms with Gasteiger partial charge in [-0.05, 0) is 48.5 Å². The molecule has 0 aromatic carbocycles. The summed E-state index contributed by atoms with van der Waals surface area (Å²) in [5, 5.41) is 20.2. The van der Waals surface area contributed by atoms with Crippen LogP contribution < -0.4 is 5.73 Å². The quantitative estimate of drug-likeness (QED) is 0.385. The first-order valence-electron chi connectivity index (χ1n) is 8.12. The third-order valence-corrected chi connectivity index (χ3v) is 2.14. The van der Waals surface area contributed by atoms with Crippen LogP contribution >= 0.6 is 0 Å². The Balaban J connectivity index is -0.0000000712. The topological polar surface area (TPSA) is 129 Å². The fourth-order valence-corrected chi connectivity index (χ4v) is 0. The van der Waals surface area contributed by atoms with Crippen molar-refractivity contribution >= 4 is 28.9 Å². The lowest BCUT2D eigenvalue weighted by Gasteiger charge is -2.06. The van der Waals surface area contributed by atoms with Crippen LogP contribution in [-0.4, -0.2) is 81.0 Å². The molecule has 0 fully saturated rings. The van der Waals surface area contributed by atoms with Gasteiger partial charge in [-0.15, -0.1) is 0 Å². The van der Waals surface area contributed by atoms with Gasteiger partial charge in [-0.3, -0.25) is 20.8 Å². The molecule has 0 amide bonds. The minimum atomic E-state index is 0.593. The monoisotopic (exact) mass is 372 g/mol. The number of nitrogens with two attached hydrogens (primary N) is 1. The molecule has 0 aliphatic carbocycles. The predicted molar refractivity (Wildman–Crippen MR) is 121 cm³/mol. The zero-order chi connectivity index (χ0) is 22.5. The van der Waals surface area contributed by atoms with Gasteiger partial charge < -0.3 is 20.9 Å². The van der Waals surface area contributed by atoms with E-state index < -0.39 is 0 Å². The third-order valence-electron chi connectivity index (χ3n) is 2.14. The maximum absolute atomic E-state index is 6.88. The van der Waals surface area contributed by atoms with Gasteiger partial charge in [0.2, 0.25) is 0 Å². The molecule has 0 saturated carbocycles. The van der Waals surface area contributed by atoms with Crippen LogP contribution in [0.2, 0.25) is 0 Å². The summed E-state index contributed by atoms with van der Waals surface area (Å²) in [6.07, 6.45) is 0. The zero-order valence-electron chi connectivity index (χ0n) is 19.4. The van der Waals surface area contributed by atoms with Gasteiger partial charge in [0.15, 0.2) is 0 Å². The van der Waals surface area contributed by atoms with Crippen LogP contribution in [0.5, 0.6) is 0 Å². The van der Waals surface area contributed by atoms with Crippen LogP contribution in [0.1, 0.15) is 48.5 Å². The van der Waals surface area contributed by atoms with Crippen molar-refractivity contribution < 1.29 is 0 Å². The summed E-state index contributed by atoms with van der Waals surface area (Å²) < 4.78 is 0. The minimum absolute atomic E-state index is 0.593. The Morgan fingerprint density at radius 2 is 0.769 bits per heavy atom. The van der Waals surface area contributed by atoms with Crippen LogP contribution in [0.25, 0.3) is 0 Å². The number of nitrogens with zero attached hydrogens (tertiary/aromatic N) is 4. The van der Waals surface area contributed by atoms with Crippen molar-refractivity contribution in [1.29, 1.82) is 16.2 Å². The maximum Gasteiger partial charge on any atom is 0.0920 e. The second-order valence-corrected chi connectivity index (χ2v) is 6.00. The van der Waals surface area contributed by atoms with Crippen molar-refractivity contribution in [2.45, 2.75) is 48.5 Å². The Kier molecular flexibility index (Phi) is 33.6. The van der Waals surface area contributed by atoms with Gasteiger partial charge in [-0.1, -0.05) is 0 Å². The molecule has 0 spiro atoms. The summed E-state index contributed by atoms with van der Waals surface area (Å²) in [6.45, 7) is 12.7. The standard InChI is InChI=1S/2C4H10N2.C4H9N.C3H8N2.C3H7N/c2*1-4(5)6(2)3;1-4(2)5-3;1-3(4)5-2;1-3(2)4/h2*5H,1-3H3;1-3H3;1-2H3,(H2,4,5);4H,1-2H3.